The molecule has 0 atom stereocenters. The first-order valence-electron chi connectivity index (χ1n) is 10.3. The van der Waals surface area contributed by atoms with E-state index in [0.29, 0.717) is 0 Å². The summed E-state index contributed by atoms with van der Waals surface area (Å²) in [6.07, 6.45) is 0. The van der Waals surface area contributed by atoms with Crippen LogP contribution < -0.4 is 0 Å². The first-order valence-corrected chi connectivity index (χ1v) is 31.0. The second-order valence-corrected chi connectivity index (χ2v) is 42.1. The van der Waals surface area contributed by atoms with E-state index in [-0.39, 0.29) is 17.1 Å². The Balaban J connectivity index is -0.000000152. The van der Waals surface area contributed by atoms with E-state index in [9.17, 15) is 0 Å². The summed E-state index contributed by atoms with van der Waals surface area (Å²) in [5, 5.41) is 0. The van der Waals surface area contributed by atoms with E-state index in [4.69, 9.17) is 13.9 Å². The Labute approximate surface area is 197 Å². The molecule has 0 aliphatic rings. The van der Waals surface area contributed by atoms with E-state index in [1.54, 1.807) is 0 Å². The maximum absolute atomic E-state index is 4.82. The summed E-state index contributed by atoms with van der Waals surface area (Å²) in [5.74, 6) is 0. The molecule has 0 rings (SSSR count). The van der Waals surface area contributed by atoms with E-state index in [1.165, 1.54) is 0 Å². The minimum absolute atomic E-state index is 0. The quantitative estimate of drug-likeness (QED) is 0.304. The van der Waals surface area contributed by atoms with Crippen molar-refractivity contribution in [2.24, 2.45) is 0 Å². The van der Waals surface area contributed by atoms with Crippen LogP contribution in [0.3, 0.4) is 0 Å². The Bertz CT molecular complexity index is 297. The standard InChI is InChI=1S/3C6H18NSi2.Mn/c3*1-8(2,3)7-9(4,5)6;/h3*1-6H3;/q3*-1;+3. The van der Waals surface area contributed by atoms with Crippen LogP contribution in [0.15, 0.2) is 0 Å². The Morgan fingerprint density at radius 1 is 0.250 bits per heavy atom. The van der Waals surface area contributed by atoms with Gasteiger partial charge in [-0.3, -0.25) is 0 Å². The molecule has 0 N–H and O–H groups in total. The number of hydrogen-bond donors (Lipinski definition) is 0. The molecule has 172 valence electrons. The third-order valence-electron chi connectivity index (χ3n) is 2.01. The third-order valence-corrected chi connectivity index (χ3v) is 18.1. The first kappa shape index (κ1) is 37.0. The van der Waals surface area contributed by atoms with Crippen LogP contribution in [0.25, 0.3) is 13.9 Å². The van der Waals surface area contributed by atoms with Gasteiger partial charge in [0.25, 0.3) is 0 Å². The zero-order chi connectivity index (χ0) is 23.1. The van der Waals surface area contributed by atoms with Crippen LogP contribution in [-0.2, 0) is 17.1 Å². The van der Waals surface area contributed by atoms with Gasteiger partial charge in [0.15, 0.2) is 0 Å². The fraction of sp³-hybridized carbons (Fsp3) is 1.00. The van der Waals surface area contributed by atoms with Crippen LogP contribution in [0.1, 0.15) is 0 Å². The molecule has 0 aromatic rings. The van der Waals surface area contributed by atoms with Gasteiger partial charge in [0.05, 0.1) is 0 Å². The monoisotopic (exact) mass is 535 g/mol. The molecular weight excluding hydrogens is 482 g/mol. The van der Waals surface area contributed by atoms with Crippen molar-refractivity contribution in [1.29, 1.82) is 0 Å². The molecule has 0 bridgehead atoms. The molecule has 0 heterocycles. The Morgan fingerprint density at radius 2 is 0.321 bits per heavy atom. The van der Waals surface area contributed by atoms with Gasteiger partial charge in [-0.05, 0) is 0 Å². The molecule has 0 saturated heterocycles. The predicted octanol–water partition coefficient (Wildman–Crippen LogP) is 9.09. The molecule has 0 fully saturated rings. The van der Waals surface area contributed by atoms with Crippen LogP contribution in [0.2, 0.25) is 118 Å². The molecule has 0 spiro atoms. The maximum Gasteiger partial charge on any atom is 3.00 e. The molecule has 0 aromatic heterocycles. The SMILES string of the molecule is C[Si](C)(C)[N-][Si](C)(C)C.C[Si](C)(C)[N-][Si](C)(C)C.C[Si](C)(C)[N-][Si](C)(C)C.[Mn+3]. The second-order valence-electron chi connectivity index (χ2n) is 13.4. The Kier molecular flexibility index (Phi) is 17.6. The van der Waals surface area contributed by atoms with E-state index in [1.807, 2.05) is 0 Å². The zero-order valence-corrected chi connectivity index (χ0v) is 29.9. The summed E-state index contributed by atoms with van der Waals surface area (Å²) < 4.78 is 14.5. The van der Waals surface area contributed by atoms with Gasteiger partial charge in [-0.15, -0.1) is 0 Å². The molecule has 0 unspecified atom stereocenters. The van der Waals surface area contributed by atoms with Crippen molar-refractivity contribution in [1.82, 2.24) is 0 Å². The van der Waals surface area contributed by atoms with Crippen LogP contribution in [0.5, 0.6) is 0 Å². The normalized spacial score (nSPS) is 13.5. The van der Waals surface area contributed by atoms with Gasteiger partial charge in [0.2, 0.25) is 0 Å². The predicted molar refractivity (Wildman–Crippen MR) is 150 cm³/mol. The topological polar surface area (TPSA) is 42.3 Å². The Hall–Kier alpha value is 1.70. The van der Waals surface area contributed by atoms with Crippen molar-refractivity contribution in [3.63, 3.8) is 0 Å². The van der Waals surface area contributed by atoms with Crippen molar-refractivity contribution in [3.8, 4) is 0 Å². The molecule has 10 heteroatoms. The Morgan fingerprint density at radius 3 is 0.321 bits per heavy atom. The fourth-order valence-corrected chi connectivity index (χ4v) is 27.2. The van der Waals surface area contributed by atoms with Gasteiger partial charge in [-0.25, -0.2) is 0 Å². The molecular formula is C18H54MnN3Si6. The van der Waals surface area contributed by atoms with E-state index in [0.717, 1.165) is 0 Å². The number of nitrogens with zero attached hydrogens (tertiary/aromatic N) is 3. The number of rotatable bonds is 6. The molecule has 0 aliphatic carbocycles. The summed E-state index contributed by atoms with van der Waals surface area (Å²) in [7, 11) is -6.64. The van der Waals surface area contributed by atoms with Gasteiger partial charge in [0, 0.05) is 0 Å². The van der Waals surface area contributed by atoms with Crippen LogP contribution in [0, 0.1) is 0 Å². The minimum Gasteiger partial charge on any atom is -0.668 e. The third kappa shape index (κ3) is 50.9. The molecule has 3 nitrogen and oxygen atoms in total. The zero-order valence-electron chi connectivity index (χ0n) is 22.7. The van der Waals surface area contributed by atoms with Crippen molar-refractivity contribution >= 4 is 49.4 Å². The van der Waals surface area contributed by atoms with Crippen molar-refractivity contribution in [2.45, 2.75) is 118 Å². The molecule has 0 saturated carbocycles. The molecule has 0 amide bonds. The average molecular weight is 536 g/mol. The van der Waals surface area contributed by atoms with E-state index < -0.39 is 49.4 Å². The van der Waals surface area contributed by atoms with Crippen molar-refractivity contribution < 1.29 is 17.1 Å². The van der Waals surface area contributed by atoms with Crippen molar-refractivity contribution in [2.75, 3.05) is 0 Å². The van der Waals surface area contributed by atoms with Crippen LogP contribution in [-0.4, -0.2) is 49.4 Å². The molecule has 0 aliphatic heterocycles. The van der Waals surface area contributed by atoms with E-state index in [2.05, 4.69) is 118 Å². The second kappa shape index (κ2) is 13.3. The summed E-state index contributed by atoms with van der Waals surface area (Å²) in [5.41, 5.74) is 0. The molecule has 0 radical (unpaired) electrons. The number of hydrogen-bond acceptors (Lipinski definition) is 0. The smallest absolute Gasteiger partial charge is 0.668 e. The van der Waals surface area contributed by atoms with Gasteiger partial charge >= 0.3 is 17.1 Å². The summed E-state index contributed by atoms with van der Waals surface area (Å²) in [6.45, 7) is 41.3. The van der Waals surface area contributed by atoms with Gasteiger partial charge < -0.3 is 13.9 Å². The summed E-state index contributed by atoms with van der Waals surface area (Å²) >= 11 is 0. The minimum atomic E-state index is -1.11. The maximum atomic E-state index is 4.82. The van der Waals surface area contributed by atoms with Gasteiger partial charge in [0.1, 0.15) is 0 Å². The summed E-state index contributed by atoms with van der Waals surface area (Å²) in [6, 6.07) is 0. The first-order chi connectivity index (χ1) is 11.1. The van der Waals surface area contributed by atoms with Gasteiger partial charge in [-0.2, -0.15) is 0 Å². The molecule has 28 heavy (non-hydrogen) atoms. The average Bonchev–Trinajstić information content (AvgIpc) is 1.96. The largest absolute Gasteiger partial charge is 3.00 e. The van der Waals surface area contributed by atoms with Gasteiger partial charge in [-0.1, -0.05) is 167 Å². The fourth-order valence-electron chi connectivity index (χ4n) is 3.02. The van der Waals surface area contributed by atoms with E-state index >= 15 is 0 Å². The van der Waals surface area contributed by atoms with Crippen LogP contribution in [0.4, 0.5) is 0 Å². The molecule has 0 aromatic carbocycles. The summed E-state index contributed by atoms with van der Waals surface area (Å²) in [4.78, 5) is 0. The van der Waals surface area contributed by atoms with Crippen molar-refractivity contribution in [3.05, 3.63) is 13.9 Å². The van der Waals surface area contributed by atoms with Crippen LogP contribution >= 0.6 is 0 Å².